The van der Waals surface area contributed by atoms with Crippen LogP contribution in [-0.4, -0.2) is 61.0 Å². The van der Waals surface area contributed by atoms with Gasteiger partial charge in [-0.2, -0.15) is 0 Å². The van der Waals surface area contributed by atoms with Crippen LogP contribution in [0.15, 0.2) is 30.3 Å². The first kappa shape index (κ1) is 16.5. The lowest BCUT2D eigenvalue weighted by atomic mass is 10.2. The van der Waals surface area contributed by atoms with Crippen molar-refractivity contribution in [2.45, 2.75) is 13.5 Å². The monoisotopic (exact) mass is 304 g/mol. The minimum Gasteiger partial charge on any atom is -0.338 e. The number of hydrogen-bond donors (Lipinski definition) is 2. The summed E-state index contributed by atoms with van der Waals surface area (Å²) in [7, 11) is 0. The Bertz CT molecular complexity index is 484. The lowest BCUT2D eigenvalue weighted by molar-refractivity contribution is -0.121. The molecule has 0 aliphatic carbocycles. The first-order chi connectivity index (χ1) is 10.7. The number of carbonyl (C=O) groups is 2. The summed E-state index contributed by atoms with van der Waals surface area (Å²) in [6.07, 6.45) is 0. The van der Waals surface area contributed by atoms with E-state index in [0.717, 1.165) is 32.7 Å². The van der Waals surface area contributed by atoms with Gasteiger partial charge < -0.3 is 5.32 Å². The van der Waals surface area contributed by atoms with E-state index in [4.69, 9.17) is 0 Å². The van der Waals surface area contributed by atoms with Crippen LogP contribution in [0.5, 0.6) is 0 Å². The third kappa shape index (κ3) is 5.46. The molecule has 22 heavy (non-hydrogen) atoms. The van der Waals surface area contributed by atoms with E-state index in [9.17, 15) is 9.59 Å². The fourth-order valence-corrected chi connectivity index (χ4v) is 2.52. The van der Waals surface area contributed by atoms with Gasteiger partial charge in [-0.15, -0.1) is 0 Å². The van der Waals surface area contributed by atoms with Gasteiger partial charge in [0.15, 0.2) is 0 Å². The molecule has 1 aliphatic rings. The van der Waals surface area contributed by atoms with Crippen LogP contribution < -0.4 is 10.6 Å². The van der Waals surface area contributed by atoms with Crippen LogP contribution in [0.3, 0.4) is 0 Å². The molecule has 1 aromatic rings. The zero-order valence-electron chi connectivity index (χ0n) is 13.0. The highest BCUT2D eigenvalue weighted by atomic mass is 16.2. The van der Waals surface area contributed by atoms with Crippen LogP contribution in [0.1, 0.15) is 12.5 Å². The zero-order chi connectivity index (χ0) is 15.8. The smallest absolute Gasteiger partial charge is 0.321 e. The van der Waals surface area contributed by atoms with Gasteiger partial charge in [-0.25, -0.2) is 4.79 Å². The fourth-order valence-electron chi connectivity index (χ4n) is 2.52. The Morgan fingerprint density at radius 1 is 1.05 bits per heavy atom. The first-order valence-corrected chi connectivity index (χ1v) is 7.73. The van der Waals surface area contributed by atoms with Crippen LogP contribution in [-0.2, 0) is 11.3 Å². The van der Waals surface area contributed by atoms with Gasteiger partial charge in [0.05, 0.1) is 6.54 Å². The molecular weight excluding hydrogens is 280 g/mol. The van der Waals surface area contributed by atoms with Crippen molar-refractivity contribution in [3.63, 3.8) is 0 Å². The summed E-state index contributed by atoms with van der Waals surface area (Å²) in [5.41, 5.74) is 1.31. The highest BCUT2D eigenvalue weighted by molar-refractivity contribution is 5.95. The largest absolute Gasteiger partial charge is 0.338 e. The number of carbonyl (C=O) groups excluding carboxylic acids is 2. The second-order valence-corrected chi connectivity index (χ2v) is 5.45. The quantitative estimate of drug-likeness (QED) is 0.838. The Hall–Kier alpha value is -1.92. The lowest BCUT2D eigenvalue weighted by Crippen LogP contribution is -2.50. The standard InChI is InChI=1S/C16H24N4O2/c1-2-17-16(22)18-15(21)13-20-10-8-19(9-11-20)12-14-6-4-3-5-7-14/h3-7H,2,8-13H2,1H3,(H2,17,18,21,22). The molecule has 2 rings (SSSR count). The number of nitrogens with one attached hydrogen (secondary N) is 2. The Kier molecular flexibility index (Phi) is 6.36. The Morgan fingerprint density at radius 3 is 2.32 bits per heavy atom. The fraction of sp³-hybridized carbons (Fsp3) is 0.500. The van der Waals surface area contributed by atoms with Crippen molar-refractivity contribution in [1.82, 2.24) is 20.4 Å². The summed E-state index contributed by atoms with van der Waals surface area (Å²) in [5.74, 6) is -0.248. The number of rotatable bonds is 5. The molecule has 6 nitrogen and oxygen atoms in total. The normalized spacial score (nSPS) is 16.2. The summed E-state index contributed by atoms with van der Waals surface area (Å²) in [5, 5.41) is 4.89. The maximum absolute atomic E-state index is 11.7. The predicted octanol–water partition coefficient (Wildman–Crippen LogP) is 0.650. The molecule has 3 amide bonds. The molecule has 0 spiro atoms. The molecule has 0 aromatic heterocycles. The number of hydrogen-bond acceptors (Lipinski definition) is 4. The molecule has 0 unspecified atom stereocenters. The maximum Gasteiger partial charge on any atom is 0.321 e. The van der Waals surface area contributed by atoms with Crippen molar-refractivity contribution in [3.05, 3.63) is 35.9 Å². The molecule has 1 heterocycles. The highest BCUT2D eigenvalue weighted by Crippen LogP contribution is 2.08. The molecule has 1 aromatic carbocycles. The summed E-state index contributed by atoms with van der Waals surface area (Å²) < 4.78 is 0. The van der Waals surface area contributed by atoms with E-state index in [0.29, 0.717) is 6.54 Å². The molecule has 1 fully saturated rings. The molecule has 0 radical (unpaired) electrons. The molecule has 0 saturated carbocycles. The number of urea groups is 1. The number of benzene rings is 1. The Labute approximate surface area is 131 Å². The summed E-state index contributed by atoms with van der Waals surface area (Å²) >= 11 is 0. The minimum absolute atomic E-state index is 0.248. The average molecular weight is 304 g/mol. The second kappa shape index (κ2) is 8.51. The molecule has 2 N–H and O–H groups in total. The van der Waals surface area contributed by atoms with Gasteiger partial charge in [0.2, 0.25) is 5.91 Å². The van der Waals surface area contributed by atoms with Crippen molar-refractivity contribution >= 4 is 11.9 Å². The van der Waals surface area contributed by atoms with Gasteiger partial charge >= 0.3 is 6.03 Å². The van der Waals surface area contributed by atoms with E-state index in [1.165, 1.54) is 5.56 Å². The van der Waals surface area contributed by atoms with Crippen LogP contribution in [0.4, 0.5) is 4.79 Å². The molecule has 0 bridgehead atoms. The van der Waals surface area contributed by atoms with E-state index in [1.54, 1.807) is 0 Å². The molecule has 120 valence electrons. The van der Waals surface area contributed by atoms with Crippen molar-refractivity contribution in [1.29, 1.82) is 0 Å². The van der Waals surface area contributed by atoms with Crippen molar-refractivity contribution in [2.75, 3.05) is 39.3 Å². The van der Waals surface area contributed by atoms with Crippen LogP contribution in [0, 0.1) is 0 Å². The van der Waals surface area contributed by atoms with E-state index >= 15 is 0 Å². The highest BCUT2D eigenvalue weighted by Gasteiger charge is 2.19. The summed E-state index contributed by atoms with van der Waals surface area (Å²) in [6, 6.07) is 9.97. The molecule has 1 aliphatic heterocycles. The third-order valence-corrected chi connectivity index (χ3v) is 3.67. The minimum atomic E-state index is -0.421. The van der Waals surface area contributed by atoms with Gasteiger partial charge in [-0.05, 0) is 12.5 Å². The van der Waals surface area contributed by atoms with E-state index in [-0.39, 0.29) is 12.5 Å². The molecule has 6 heteroatoms. The van der Waals surface area contributed by atoms with E-state index in [1.807, 2.05) is 13.0 Å². The number of amides is 3. The SMILES string of the molecule is CCNC(=O)NC(=O)CN1CCN(Cc2ccccc2)CC1. The summed E-state index contributed by atoms with van der Waals surface area (Å²) in [6.45, 7) is 7.10. The van der Waals surface area contributed by atoms with Crippen molar-refractivity contribution in [3.8, 4) is 0 Å². The van der Waals surface area contributed by atoms with Gasteiger partial charge in [-0.1, -0.05) is 30.3 Å². The van der Waals surface area contributed by atoms with Crippen LogP contribution >= 0.6 is 0 Å². The van der Waals surface area contributed by atoms with Gasteiger partial charge in [-0.3, -0.25) is 19.9 Å². The zero-order valence-corrected chi connectivity index (χ0v) is 13.0. The number of nitrogens with zero attached hydrogens (tertiary/aromatic N) is 2. The predicted molar refractivity (Wildman–Crippen MR) is 85.4 cm³/mol. The average Bonchev–Trinajstić information content (AvgIpc) is 2.50. The number of imide groups is 1. The first-order valence-electron chi connectivity index (χ1n) is 7.73. The lowest BCUT2D eigenvalue weighted by Gasteiger charge is -2.34. The Morgan fingerprint density at radius 2 is 1.68 bits per heavy atom. The molecule has 0 atom stereocenters. The summed E-state index contributed by atoms with van der Waals surface area (Å²) in [4.78, 5) is 27.5. The maximum atomic E-state index is 11.7. The molecular formula is C16H24N4O2. The van der Waals surface area contributed by atoms with E-state index in [2.05, 4.69) is 44.7 Å². The topological polar surface area (TPSA) is 64.7 Å². The van der Waals surface area contributed by atoms with Gasteiger partial charge in [0, 0.05) is 39.3 Å². The van der Waals surface area contributed by atoms with Crippen LogP contribution in [0.2, 0.25) is 0 Å². The van der Waals surface area contributed by atoms with Gasteiger partial charge in [0.25, 0.3) is 0 Å². The Balaban J connectivity index is 1.68. The van der Waals surface area contributed by atoms with Crippen molar-refractivity contribution in [2.24, 2.45) is 0 Å². The number of piperazine rings is 1. The van der Waals surface area contributed by atoms with E-state index < -0.39 is 6.03 Å². The third-order valence-electron chi connectivity index (χ3n) is 3.67. The second-order valence-electron chi connectivity index (χ2n) is 5.45. The van der Waals surface area contributed by atoms with Gasteiger partial charge in [0.1, 0.15) is 0 Å². The van der Waals surface area contributed by atoms with Crippen LogP contribution in [0.25, 0.3) is 0 Å². The van der Waals surface area contributed by atoms with Crippen molar-refractivity contribution < 1.29 is 9.59 Å². The molecule has 1 saturated heterocycles.